The number of carbonyl (C=O) groups is 1. The molecule has 0 amide bonds. The SMILES string of the molecule is O=C(Br)c1ccc2c(c1)Sc1ccccc1N2. The van der Waals surface area contributed by atoms with E-state index < -0.39 is 0 Å². The Balaban J connectivity index is 2.06. The summed E-state index contributed by atoms with van der Waals surface area (Å²) in [5, 5.41) is 3.36. The smallest absolute Gasteiger partial charge is 0.228 e. The molecule has 0 radical (unpaired) electrons. The predicted molar refractivity (Wildman–Crippen MR) is 73.5 cm³/mol. The third kappa shape index (κ3) is 1.98. The molecule has 0 aromatic heterocycles. The molecule has 2 nitrogen and oxygen atoms in total. The summed E-state index contributed by atoms with van der Waals surface area (Å²) in [7, 11) is 0. The number of hydrogen-bond acceptors (Lipinski definition) is 3. The molecule has 84 valence electrons. The van der Waals surface area contributed by atoms with E-state index >= 15 is 0 Å². The summed E-state index contributed by atoms with van der Waals surface area (Å²) in [6.07, 6.45) is 0. The molecule has 0 atom stereocenters. The van der Waals surface area contributed by atoms with Gasteiger partial charge in [0, 0.05) is 15.4 Å². The van der Waals surface area contributed by atoms with E-state index in [1.54, 1.807) is 11.8 Å². The van der Waals surface area contributed by atoms with Gasteiger partial charge in [-0.15, -0.1) is 0 Å². The van der Waals surface area contributed by atoms with Gasteiger partial charge < -0.3 is 5.32 Å². The average Bonchev–Trinajstić information content (AvgIpc) is 2.35. The second kappa shape index (κ2) is 4.20. The number of anilines is 2. The fourth-order valence-electron chi connectivity index (χ4n) is 1.75. The Morgan fingerprint density at radius 3 is 2.65 bits per heavy atom. The number of nitrogens with one attached hydrogen (secondary N) is 1. The van der Waals surface area contributed by atoms with E-state index in [4.69, 9.17) is 0 Å². The average molecular weight is 306 g/mol. The highest BCUT2D eigenvalue weighted by Gasteiger charge is 2.16. The minimum atomic E-state index is -0.0836. The van der Waals surface area contributed by atoms with Crippen LogP contribution in [0, 0.1) is 0 Å². The fraction of sp³-hybridized carbons (Fsp3) is 0. The van der Waals surface area contributed by atoms with E-state index in [2.05, 4.69) is 33.4 Å². The van der Waals surface area contributed by atoms with Crippen molar-refractivity contribution in [1.82, 2.24) is 0 Å². The first-order valence-electron chi connectivity index (χ1n) is 5.12. The van der Waals surface area contributed by atoms with Gasteiger partial charge >= 0.3 is 0 Å². The van der Waals surface area contributed by atoms with Crippen LogP contribution in [0.25, 0.3) is 0 Å². The number of benzene rings is 2. The highest BCUT2D eigenvalue weighted by molar-refractivity contribution is 9.18. The zero-order valence-corrected chi connectivity index (χ0v) is 11.1. The summed E-state index contributed by atoms with van der Waals surface area (Å²) in [5.41, 5.74) is 2.84. The van der Waals surface area contributed by atoms with E-state index in [9.17, 15) is 4.79 Å². The summed E-state index contributed by atoms with van der Waals surface area (Å²) >= 11 is 4.65. The molecule has 1 heterocycles. The summed E-state index contributed by atoms with van der Waals surface area (Å²) < 4.78 is -0.0836. The quantitative estimate of drug-likeness (QED) is 0.674. The summed E-state index contributed by atoms with van der Waals surface area (Å²) in [4.78, 5) is 13.5. The lowest BCUT2D eigenvalue weighted by Gasteiger charge is -2.20. The van der Waals surface area contributed by atoms with E-state index in [0.717, 1.165) is 16.3 Å². The van der Waals surface area contributed by atoms with Crippen LogP contribution in [0.1, 0.15) is 10.4 Å². The van der Waals surface area contributed by atoms with Gasteiger partial charge in [0.05, 0.1) is 11.4 Å². The Labute approximate surface area is 112 Å². The largest absolute Gasteiger partial charge is 0.354 e. The normalized spacial score (nSPS) is 12.3. The zero-order chi connectivity index (χ0) is 11.8. The van der Waals surface area contributed by atoms with E-state index in [-0.39, 0.29) is 4.69 Å². The van der Waals surface area contributed by atoms with Crippen LogP contribution < -0.4 is 5.32 Å². The van der Waals surface area contributed by atoms with Crippen molar-refractivity contribution in [2.75, 3.05) is 5.32 Å². The molecule has 0 unspecified atom stereocenters. The molecular formula is C13H8BrNOS. The Kier molecular flexibility index (Phi) is 2.68. The highest BCUT2D eigenvalue weighted by Crippen LogP contribution is 2.44. The van der Waals surface area contributed by atoms with Gasteiger partial charge in [-0.1, -0.05) is 23.9 Å². The van der Waals surface area contributed by atoms with Crippen LogP contribution in [-0.2, 0) is 0 Å². The number of carbonyl (C=O) groups excluding carboxylic acids is 1. The van der Waals surface area contributed by atoms with Crippen LogP contribution in [0.15, 0.2) is 52.3 Å². The maximum Gasteiger partial charge on any atom is 0.228 e. The van der Waals surface area contributed by atoms with Crippen LogP contribution >= 0.6 is 27.7 Å². The molecule has 1 aliphatic heterocycles. The van der Waals surface area contributed by atoms with Crippen molar-refractivity contribution in [3.63, 3.8) is 0 Å². The molecule has 0 spiro atoms. The van der Waals surface area contributed by atoms with Gasteiger partial charge in [0.15, 0.2) is 0 Å². The van der Waals surface area contributed by atoms with Crippen LogP contribution in [0.5, 0.6) is 0 Å². The zero-order valence-electron chi connectivity index (χ0n) is 8.74. The van der Waals surface area contributed by atoms with E-state index in [0.29, 0.717) is 5.56 Å². The molecule has 2 aromatic carbocycles. The van der Waals surface area contributed by atoms with Gasteiger partial charge in [0.2, 0.25) is 4.69 Å². The predicted octanol–water partition coefficient (Wildman–Crippen LogP) is 4.43. The second-order valence-corrected chi connectivity index (χ2v) is 5.51. The number of fused-ring (bicyclic) bond motifs is 2. The number of para-hydroxylation sites is 1. The molecule has 1 N–H and O–H groups in total. The minimum Gasteiger partial charge on any atom is -0.354 e. The number of rotatable bonds is 1. The Morgan fingerprint density at radius 1 is 1.06 bits per heavy atom. The number of halogens is 1. The molecule has 3 rings (SSSR count). The van der Waals surface area contributed by atoms with Crippen molar-refractivity contribution >= 4 is 43.8 Å². The first-order chi connectivity index (χ1) is 8.24. The van der Waals surface area contributed by atoms with Crippen molar-refractivity contribution in [2.45, 2.75) is 9.79 Å². The molecular weight excluding hydrogens is 298 g/mol. The second-order valence-electron chi connectivity index (χ2n) is 3.71. The van der Waals surface area contributed by atoms with Crippen LogP contribution in [-0.4, -0.2) is 4.69 Å². The first kappa shape index (κ1) is 10.9. The molecule has 0 saturated heterocycles. The maximum atomic E-state index is 11.3. The topological polar surface area (TPSA) is 29.1 Å². The molecule has 2 aromatic rings. The molecule has 0 saturated carbocycles. The first-order valence-corrected chi connectivity index (χ1v) is 6.73. The summed E-state index contributed by atoms with van der Waals surface area (Å²) in [6.45, 7) is 0. The van der Waals surface area contributed by atoms with Crippen molar-refractivity contribution in [1.29, 1.82) is 0 Å². The highest BCUT2D eigenvalue weighted by atomic mass is 79.9. The molecule has 0 bridgehead atoms. The van der Waals surface area contributed by atoms with Gasteiger partial charge in [-0.3, -0.25) is 4.79 Å². The van der Waals surface area contributed by atoms with Crippen molar-refractivity contribution in [3.8, 4) is 0 Å². The van der Waals surface area contributed by atoms with Crippen molar-refractivity contribution in [2.24, 2.45) is 0 Å². The Hall–Kier alpha value is -1.26. The lowest BCUT2D eigenvalue weighted by Crippen LogP contribution is -2.00. The van der Waals surface area contributed by atoms with Gasteiger partial charge in [-0.25, -0.2) is 0 Å². The minimum absolute atomic E-state index is 0.0836. The standard InChI is InChI=1S/C13H8BrNOS/c14-13(16)8-5-6-10-12(7-8)17-11-4-2-1-3-9(11)15-10/h1-7,15H. The van der Waals surface area contributed by atoms with Crippen LogP contribution in [0.3, 0.4) is 0 Å². The molecule has 0 aliphatic carbocycles. The third-order valence-electron chi connectivity index (χ3n) is 2.58. The third-order valence-corrected chi connectivity index (χ3v) is 4.18. The molecule has 1 aliphatic rings. The van der Waals surface area contributed by atoms with Crippen molar-refractivity contribution < 1.29 is 4.79 Å². The Morgan fingerprint density at radius 2 is 1.82 bits per heavy atom. The summed E-state index contributed by atoms with van der Waals surface area (Å²) in [6, 6.07) is 13.8. The van der Waals surface area contributed by atoms with Gasteiger partial charge in [-0.2, -0.15) is 0 Å². The molecule has 0 fully saturated rings. The monoisotopic (exact) mass is 305 g/mol. The maximum absolute atomic E-state index is 11.3. The van der Waals surface area contributed by atoms with Crippen molar-refractivity contribution in [3.05, 3.63) is 48.0 Å². The van der Waals surface area contributed by atoms with E-state index in [1.165, 1.54) is 4.90 Å². The lowest BCUT2D eigenvalue weighted by molar-refractivity contribution is 0.109. The van der Waals surface area contributed by atoms with Gasteiger partial charge in [0.1, 0.15) is 0 Å². The van der Waals surface area contributed by atoms with Gasteiger partial charge in [0.25, 0.3) is 0 Å². The molecule has 4 heteroatoms. The number of hydrogen-bond donors (Lipinski definition) is 1. The van der Waals surface area contributed by atoms with Crippen LogP contribution in [0.4, 0.5) is 11.4 Å². The summed E-state index contributed by atoms with van der Waals surface area (Å²) in [5.74, 6) is 0. The Bertz CT molecular complexity index is 612. The molecule has 17 heavy (non-hydrogen) atoms. The van der Waals surface area contributed by atoms with Gasteiger partial charge in [-0.05, 0) is 46.3 Å². The lowest BCUT2D eigenvalue weighted by atomic mass is 10.2. The fourth-order valence-corrected chi connectivity index (χ4v) is 3.03. The van der Waals surface area contributed by atoms with Crippen LogP contribution in [0.2, 0.25) is 0 Å². The van der Waals surface area contributed by atoms with E-state index in [1.807, 2.05) is 30.3 Å².